The van der Waals surface area contributed by atoms with Crippen LogP contribution in [-0.2, 0) is 16.2 Å². The second-order valence-electron chi connectivity index (χ2n) is 5.02. The van der Waals surface area contributed by atoms with Gasteiger partial charge in [-0.15, -0.1) is 11.3 Å². The van der Waals surface area contributed by atoms with Crippen molar-refractivity contribution in [3.05, 3.63) is 58.7 Å². The SMILES string of the molecule is O=S(=O)(Nc1nc(-c2cccnc2)cs1)c1ccc(Cl)c(C(F)(F)F)c1. The Kier molecular flexibility index (Phi) is 4.91. The Bertz CT molecular complexity index is 1040. The third-order valence-corrected chi connectivity index (χ3v) is 5.79. The summed E-state index contributed by atoms with van der Waals surface area (Å²) in [5.74, 6) is 0. The molecule has 0 spiro atoms. The van der Waals surface area contributed by atoms with E-state index in [1.165, 1.54) is 0 Å². The quantitative estimate of drug-likeness (QED) is 0.666. The monoisotopic (exact) mass is 419 g/mol. The summed E-state index contributed by atoms with van der Waals surface area (Å²) in [5.41, 5.74) is -0.0508. The van der Waals surface area contributed by atoms with Gasteiger partial charge in [0.1, 0.15) is 0 Å². The number of hydrogen-bond donors (Lipinski definition) is 1. The highest BCUT2D eigenvalue weighted by atomic mass is 35.5. The lowest BCUT2D eigenvalue weighted by molar-refractivity contribution is -0.137. The molecule has 5 nitrogen and oxygen atoms in total. The minimum Gasteiger partial charge on any atom is -0.264 e. The summed E-state index contributed by atoms with van der Waals surface area (Å²) in [6, 6.07) is 5.82. The van der Waals surface area contributed by atoms with Crippen LogP contribution in [0.25, 0.3) is 11.3 Å². The molecule has 1 aromatic carbocycles. The van der Waals surface area contributed by atoms with Crippen molar-refractivity contribution in [3.8, 4) is 11.3 Å². The fourth-order valence-electron chi connectivity index (χ4n) is 2.03. The molecule has 0 amide bonds. The molecule has 0 unspecified atom stereocenters. The Morgan fingerprint density at radius 2 is 1.96 bits per heavy atom. The number of hydrogen-bond acceptors (Lipinski definition) is 5. The van der Waals surface area contributed by atoms with Gasteiger partial charge in [0.2, 0.25) is 0 Å². The Balaban J connectivity index is 1.90. The first-order chi connectivity index (χ1) is 12.2. The molecule has 0 saturated heterocycles. The van der Waals surface area contributed by atoms with Gasteiger partial charge in [-0.1, -0.05) is 11.6 Å². The van der Waals surface area contributed by atoms with E-state index in [2.05, 4.69) is 14.7 Å². The molecule has 0 aliphatic carbocycles. The van der Waals surface area contributed by atoms with Crippen molar-refractivity contribution in [1.82, 2.24) is 9.97 Å². The second kappa shape index (κ2) is 6.86. The van der Waals surface area contributed by atoms with Crippen LogP contribution in [0.4, 0.5) is 18.3 Å². The fourth-order valence-corrected chi connectivity index (χ4v) is 4.25. The molecule has 1 N–H and O–H groups in total. The maximum atomic E-state index is 12.9. The highest BCUT2D eigenvalue weighted by Gasteiger charge is 2.34. The van der Waals surface area contributed by atoms with Crippen molar-refractivity contribution in [1.29, 1.82) is 0 Å². The van der Waals surface area contributed by atoms with Gasteiger partial charge in [-0.3, -0.25) is 9.71 Å². The van der Waals surface area contributed by atoms with Gasteiger partial charge in [0.25, 0.3) is 10.0 Å². The number of nitrogens with one attached hydrogen (secondary N) is 1. The number of aromatic nitrogens is 2. The smallest absolute Gasteiger partial charge is 0.264 e. The minimum atomic E-state index is -4.77. The molecule has 2 heterocycles. The summed E-state index contributed by atoms with van der Waals surface area (Å²) in [4.78, 5) is 7.50. The zero-order valence-corrected chi connectivity index (χ0v) is 15.0. The number of benzene rings is 1. The van der Waals surface area contributed by atoms with Crippen molar-refractivity contribution in [2.24, 2.45) is 0 Å². The summed E-state index contributed by atoms with van der Waals surface area (Å²) in [5, 5.41) is 1.05. The van der Waals surface area contributed by atoms with E-state index < -0.39 is 31.7 Å². The zero-order valence-electron chi connectivity index (χ0n) is 12.7. The van der Waals surface area contributed by atoms with Gasteiger partial charge in [0.05, 0.1) is 21.2 Å². The van der Waals surface area contributed by atoms with Gasteiger partial charge < -0.3 is 0 Å². The van der Waals surface area contributed by atoms with E-state index in [1.54, 1.807) is 29.9 Å². The molecule has 0 aliphatic heterocycles. The first-order valence-corrected chi connectivity index (χ1v) is 9.66. The highest BCUT2D eigenvalue weighted by molar-refractivity contribution is 7.93. The molecule has 0 atom stereocenters. The lowest BCUT2D eigenvalue weighted by Crippen LogP contribution is -2.15. The van der Waals surface area contributed by atoms with Gasteiger partial charge in [-0.05, 0) is 30.3 Å². The number of halogens is 4. The third kappa shape index (κ3) is 3.97. The number of sulfonamides is 1. The lowest BCUT2D eigenvalue weighted by atomic mass is 10.2. The molecule has 0 saturated carbocycles. The van der Waals surface area contributed by atoms with Gasteiger partial charge in [-0.2, -0.15) is 13.2 Å². The van der Waals surface area contributed by atoms with Crippen LogP contribution < -0.4 is 4.72 Å². The Hall–Kier alpha value is -2.17. The average Bonchev–Trinajstić information content (AvgIpc) is 3.02. The van der Waals surface area contributed by atoms with E-state index in [4.69, 9.17) is 11.6 Å². The highest BCUT2D eigenvalue weighted by Crippen LogP contribution is 2.36. The van der Waals surface area contributed by atoms with Gasteiger partial charge in [0.15, 0.2) is 5.13 Å². The van der Waals surface area contributed by atoms with Gasteiger partial charge in [-0.25, -0.2) is 13.4 Å². The van der Waals surface area contributed by atoms with Crippen LogP contribution in [0.2, 0.25) is 5.02 Å². The molecule has 0 bridgehead atoms. The van der Waals surface area contributed by atoms with Crippen LogP contribution in [0.1, 0.15) is 5.56 Å². The van der Waals surface area contributed by atoms with E-state index in [1.807, 2.05) is 0 Å². The Morgan fingerprint density at radius 3 is 2.62 bits per heavy atom. The lowest BCUT2D eigenvalue weighted by Gasteiger charge is -2.11. The molecule has 136 valence electrons. The van der Waals surface area contributed by atoms with Crippen LogP contribution in [0.15, 0.2) is 53.0 Å². The van der Waals surface area contributed by atoms with E-state index in [-0.39, 0.29) is 5.13 Å². The molecule has 0 aliphatic rings. The predicted octanol–water partition coefficient (Wildman–Crippen LogP) is 4.68. The number of thiazole rings is 1. The molecule has 3 aromatic rings. The van der Waals surface area contributed by atoms with Crippen molar-refractivity contribution in [3.63, 3.8) is 0 Å². The van der Waals surface area contributed by atoms with Crippen molar-refractivity contribution in [2.75, 3.05) is 4.72 Å². The van der Waals surface area contributed by atoms with Crippen LogP contribution in [0.3, 0.4) is 0 Å². The molecular weight excluding hydrogens is 411 g/mol. The van der Waals surface area contributed by atoms with Gasteiger partial charge >= 0.3 is 6.18 Å². The fraction of sp³-hybridized carbons (Fsp3) is 0.0667. The maximum absolute atomic E-state index is 12.9. The third-order valence-electron chi connectivity index (χ3n) is 3.24. The Morgan fingerprint density at radius 1 is 1.19 bits per heavy atom. The van der Waals surface area contributed by atoms with Gasteiger partial charge in [0, 0.05) is 23.3 Å². The van der Waals surface area contributed by atoms with Crippen molar-refractivity contribution >= 4 is 38.1 Å². The molecule has 0 fully saturated rings. The number of pyridine rings is 1. The molecule has 11 heteroatoms. The summed E-state index contributed by atoms with van der Waals surface area (Å²) < 4.78 is 65.7. The van der Waals surface area contributed by atoms with E-state index >= 15 is 0 Å². The maximum Gasteiger partial charge on any atom is 0.417 e. The number of alkyl halides is 3. The molecule has 3 rings (SSSR count). The molecular formula is C15H9ClF3N3O2S2. The molecule has 2 aromatic heterocycles. The molecule has 0 radical (unpaired) electrons. The summed E-state index contributed by atoms with van der Waals surface area (Å²) >= 11 is 6.51. The first-order valence-electron chi connectivity index (χ1n) is 6.92. The van der Waals surface area contributed by atoms with Crippen LogP contribution >= 0.6 is 22.9 Å². The Labute approximate surface area is 155 Å². The van der Waals surface area contributed by atoms with Crippen LogP contribution in [0.5, 0.6) is 0 Å². The average molecular weight is 420 g/mol. The number of rotatable bonds is 4. The first kappa shape index (κ1) is 18.6. The summed E-state index contributed by atoms with van der Waals surface area (Å²) in [7, 11) is -4.26. The number of nitrogens with zero attached hydrogens (tertiary/aromatic N) is 2. The standard InChI is InChI=1S/C15H9ClF3N3O2S2/c16-12-4-3-10(6-11(12)15(17,18)19)26(23,24)22-14-21-13(8-25-14)9-2-1-5-20-7-9/h1-8H,(H,21,22). The van der Waals surface area contributed by atoms with E-state index in [9.17, 15) is 21.6 Å². The van der Waals surface area contributed by atoms with Crippen LogP contribution in [0, 0.1) is 0 Å². The predicted molar refractivity (Wildman–Crippen MR) is 92.6 cm³/mol. The summed E-state index contributed by atoms with van der Waals surface area (Å²) in [6.45, 7) is 0. The zero-order chi connectivity index (χ0) is 18.9. The number of anilines is 1. The second-order valence-corrected chi connectivity index (χ2v) is 7.97. The summed E-state index contributed by atoms with van der Waals surface area (Å²) in [6.07, 6.45) is -1.63. The van der Waals surface area contributed by atoms with Crippen LogP contribution in [-0.4, -0.2) is 18.4 Å². The largest absolute Gasteiger partial charge is 0.417 e. The topological polar surface area (TPSA) is 72.0 Å². The van der Waals surface area contributed by atoms with Crippen molar-refractivity contribution < 1.29 is 21.6 Å². The molecule has 26 heavy (non-hydrogen) atoms. The minimum absolute atomic E-state index is 0.0207. The normalized spacial score (nSPS) is 12.2. The van der Waals surface area contributed by atoms with E-state index in [0.29, 0.717) is 17.3 Å². The van der Waals surface area contributed by atoms with E-state index in [0.717, 1.165) is 23.5 Å². The van der Waals surface area contributed by atoms with Crippen molar-refractivity contribution in [2.45, 2.75) is 11.1 Å².